The van der Waals surface area contributed by atoms with Crippen LogP contribution in [-0.2, 0) is 4.79 Å². The first-order valence-corrected chi connectivity index (χ1v) is 8.53. The molecule has 0 spiro atoms. The van der Waals surface area contributed by atoms with Crippen LogP contribution in [0.2, 0.25) is 5.02 Å². The maximum Gasteiger partial charge on any atom is 0.238 e. The Balaban J connectivity index is 2.10. The molecular weight excluding hydrogens is 336 g/mol. The van der Waals surface area contributed by atoms with Gasteiger partial charge in [-0.05, 0) is 25.1 Å². The van der Waals surface area contributed by atoms with Gasteiger partial charge < -0.3 is 16.0 Å². The van der Waals surface area contributed by atoms with Crippen molar-refractivity contribution in [2.24, 2.45) is 10.7 Å². The first-order chi connectivity index (χ1) is 12.0. The molecule has 0 aromatic heterocycles. The number of likely N-dealkylation sites (N-methyl/N-ethyl adjacent to an activating group) is 1. The van der Waals surface area contributed by atoms with Crippen LogP contribution >= 0.6 is 11.6 Å². The Morgan fingerprint density at radius 1 is 1.32 bits per heavy atom. The van der Waals surface area contributed by atoms with Crippen LogP contribution in [0, 0.1) is 0 Å². The summed E-state index contributed by atoms with van der Waals surface area (Å²) in [5.74, 6) is -0.224. The van der Waals surface area contributed by atoms with Gasteiger partial charge in [-0.15, -0.1) is 0 Å². The van der Waals surface area contributed by atoms with Gasteiger partial charge in [0, 0.05) is 28.9 Å². The van der Waals surface area contributed by atoms with Gasteiger partial charge in [0.1, 0.15) is 6.17 Å². The van der Waals surface area contributed by atoms with Crippen LogP contribution in [-0.4, -0.2) is 37.4 Å². The fraction of sp³-hybridized carbons (Fsp3) is 0.263. The van der Waals surface area contributed by atoms with Gasteiger partial charge in [-0.25, -0.2) is 0 Å². The van der Waals surface area contributed by atoms with E-state index in [-0.39, 0.29) is 5.91 Å². The molecule has 25 heavy (non-hydrogen) atoms. The summed E-state index contributed by atoms with van der Waals surface area (Å²) in [5, 5.41) is 3.56. The topological polar surface area (TPSA) is 70.7 Å². The molecule has 0 radical (unpaired) electrons. The van der Waals surface area contributed by atoms with E-state index < -0.39 is 12.2 Å². The highest BCUT2D eigenvalue weighted by Crippen LogP contribution is 2.29. The van der Waals surface area contributed by atoms with Crippen molar-refractivity contribution in [1.82, 2.24) is 5.32 Å². The zero-order valence-corrected chi connectivity index (χ0v) is 15.0. The summed E-state index contributed by atoms with van der Waals surface area (Å²) in [5.41, 5.74) is 9.42. The summed E-state index contributed by atoms with van der Waals surface area (Å²) in [4.78, 5) is 19.0. The van der Waals surface area contributed by atoms with Crippen LogP contribution in [0.15, 0.2) is 53.5 Å². The normalized spacial score (nSPS) is 18.0. The smallest absolute Gasteiger partial charge is 0.238 e. The minimum absolute atomic E-state index is 0.224. The zero-order chi connectivity index (χ0) is 18.0. The number of nitrogens with zero attached hydrogens (tertiary/aromatic N) is 2. The SMILES string of the molecule is C[C@H](N)C(=O)NC1CN(C)c2ccc(Cl)cc2C(c2ccccc2)=N1. The minimum atomic E-state index is -0.583. The number of carbonyl (C=O) groups is 1. The summed E-state index contributed by atoms with van der Waals surface area (Å²) in [6.45, 7) is 2.20. The number of halogens is 1. The van der Waals surface area contributed by atoms with Crippen LogP contribution in [0.4, 0.5) is 5.69 Å². The van der Waals surface area contributed by atoms with Gasteiger partial charge in [0.25, 0.3) is 0 Å². The molecular formula is C19H21ClN4O. The Morgan fingerprint density at radius 2 is 2.04 bits per heavy atom. The maximum atomic E-state index is 12.1. The largest absolute Gasteiger partial charge is 0.370 e. The second kappa shape index (κ2) is 7.25. The molecule has 0 fully saturated rings. The van der Waals surface area contributed by atoms with E-state index in [9.17, 15) is 4.79 Å². The van der Waals surface area contributed by atoms with Crippen molar-refractivity contribution >= 4 is 28.9 Å². The van der Waals surface area contributed by atoms with Crippen LogP contribution in [0.5, 0.6) is 0 Å². The van der Waals surface area contributed by atoms with Crippen LogP contribution in [0.25, 0.3) is 0 Å². The average Bonchev–Trinajstić information content (AvgIpc) is 2.72. The molecule has 3 rings (SSSR count). The molecule has 2 aromatic rings. The maximum absolute atomic E-state index is 12.1. The van der Waals surface area contributed by atoms with E-state index >= 15 is 0 Å². The van der Waals surface area contributed by atoms with Gasteiger partial charge in [0.05, 0.1) is 18.3 Å². The minimum Gasteiger partial charge on any atom is -0.370 e. The van der Waals surface area contributed by atoms with Gasteiger partial charge >= 0.3 is 0 Å². The number of hydrogen-bond donors (Lipinski definition) is 2. The van der Waals surface area contributed by atoms with Crippen molar-refractivity contribution in [1.29, 1.82) is 0 Å². The predicted octanol–water partition coefficient (Wildman–Crippen LogP) is 2.42. The van der Waals surface area contributed by atoms with E-state index in [1.165, 1.54) is 0 Å². The Kier molecular flexibility index (Phi) is 5.06. The molecule has 6 heteroatoms. The molecule has 5 nitrogen and oxygen atoms in total. The molecule has 0 aliphatic carbocycles. The molecule has 130 valence electrons. The Bertz CT molecular complexity index is 804. The summed E-state index contributed by atoms with van der Waals surface area (Å²) in [7, 11) is 1.97. The third-order valence-electron chi connectivity index (χ3n) is 4.13. The number of benzodiazepines with no additional fused rings is 1. The third-order valence-corrected chi connectivity index (χ3v) is 4.36. The first kappa shape index (κ1) is 17.5. The van der Waals surface area contributed by atoms with Crippen molar-refractivity contribution in [3.63, 3.8) is 0 Å². The molecule has 1 aliphatic heterocycles. The number of fused-ring (bicyclic) bond motifs is 1. The van der Waals surface area contributed by atoms with Crippen molar-refractivity contribution in [3.05, 3.63) is 64.7 Å². The van der Waals surface area contributed by atoms with Gasteiger partial charge in [-0.3, -0.25) is 9.79 Å². The number of nitrogens with two attached hydrogens (primary N) is 1. The van der Waals surface area contributed by atoms with Gasteiger partial charge in [-0.2, -0.15) is 0 Å². The number of anilines is 1. The molecule has 0 saturated carbocycles. The average molecular weight is 357 g/mol. The molecule has 0 bridgehead atoms. The van der Waals surface area contributed by atoms with Crippen molar-refractivity contribution in [3.8, 4) is 0 Å². The zero-order valence-electron chi connectivity index (χ0n) is 14.2. The highest BCUT2D eigenvalue weighted by atomic mass is 35.5. The van der Waals surface area contributed by atoms with Gasteiger partial charge in [-0.1, -0.05) is 41.9 Å². The number of amides is 1. The van der Waals surface area contributed by atoms with Crippen LogP contribution in [0.1, 0.15) is 18.1 Å². The molecule has 2 aromatic carbocycles. The molecule has 2 atom stereocenters. The monoisotopic (exact) mass is 356 g/mol. The molecule has 1 aliphatic rings. The summed E-state index contributed by atoms with van der Waals surface area (Å²) < 4.78 is 0. The Labute approximate surface area is 152 Å². The van der Waals surface area contributed by atoms with Crippen LogP contribution in [0.3, 0.4) is 0 Å². The fourth-order valence-corrected chi connectivity index (χ4v) is 3.03. The summed E-state index contributed by atoms with van der Waals surface area (Å²) in [6, 6.07) is 15.1. The Morgan fingerprint density at radius 3 is 2.72 bits per heavy atom. The third kappa shape index (κ3) is 3.83. The highest BCUT2D eigenvalue weighted by Gasteiger charge is 2.24. The molecule has 1 heterocycles. The van der Waals surface area contributed by atoms with Gasteiger partial charge in [0.15, 0.2) is 0 Å². The quantitative estimate of drug-likeness (QED) is 0.887. The summed E-state index contributed by atoms with van der Waals surface area (Å²) >= 11 is 6.23. The van der Waals surface area contributed by atoms with E-state index in [0.29, 0.717) is 11.6 Å². The number of benzene rings is 2. The molecule has 3 N–H and O–H groups in total. The number of carbonyl (C=O) groups excluding carboxylic acids is 1. The highest BCUT2D eigenvalue weighted by molar-refractivity contribution is 6.31. The number of rotatable bonds is 3. The van der Waals surface area contributed by atoms with Crippen LogP contribution < -0.4 is 16.0 Å². The lowest BCUT2D eigenvalue weighted by Crippen LogP contribution is -2.47. The second-order valence-corrected chi connectivity index (χ2v) is 6.64. The lowest BCUT2D eigenvalue weighted by Gasteiger charge is -2.23. The first-order valence-electron chi connectivity index (χ1n) is 8.16. The van der Waals surface area contributed by atoms with Gasteiger partial charge in [0.2, 0.25) is 5.91 Å². The Hall–Kier alpha value is -2.37. The standard InChI is InChI=1S/C19H21ClN4O/c1-12(21)19(25)23-17-11-24(2)16-9-8-14(20)10-15(16)18(22-17)13-6-4-3-5-7-13/h3-10,12,17H,11,21H2,1-2H3,(H,23,25)/t12-,17?/m0/s1. The fourth-order valence-electron chi connectivity index (χ4n) is 2.85. The van der Waals surface area contributed by atoms with E-state index in [1.54, 1.807) is 6.92 Å². The number of hydrogen-bond acceptors (Lipinski definition) is 4. The lowest BCUT2D eigenvalue weighted by molar-refractivity contribution is -0.122. The van der Waals surface area contributed by atoms with E-state index in [1.807, 2.05) is 55.6 Å². The number of aliphatic imine (C=N–C) groups is 1. The molecule has 0 saturated heterocycles. The van der Waals surface area contributed by atoms with E-state index in [2.05, 4.69) is 10.2 Å². The molecule has 1 amide bonds. The molecule has 1 unspecified atom stereocenters. The second-order valence-electron chi connectivity index (χ2n) is 6.20. The van der Waals surface area contributed by atoms with E-state index in [4.69, 9.17) is 22.3 Å². The van der Waals surface area contributed by atoms with Crippen molar-refractivity contribution in [2.75, 3.05) is 18.5 Å². The lowest BCUT2D eigenvalue weighted by atomic mass is 10.0. The van der Waals surface area contributed by atoms with Crippen molar-refractivity contribution in [2.45, 2.75) is 19.1 Å². The van der Waals surface area contributed by atoms with Crippen molar-refractivity contribution < 1.29 is 4.79 Å². The number of nitrogens with one attached hydrogen (secondary N) is 1. The van der Waals surface area contributed by atoms with E-state index in [0.717, 1.165) is 22.5 Å². The summed E-state index contributed by atoms with van der Waals surface area (Å²) in [6.07, 6.45) is -0.398. The predicted molar refractivity (Wildman–Crippen MR) is 102 cm³/mol.